The molecule has 8 aromatic rings. The summed E-state index contributed by atoms with van der Waals surface area (Å²) >= 11 is 0. The van der Waals surface area contributed by atoms with Crippen molar-refractivity contribution in [3.05, 3.63) is 157 Å². The Balaban J connectivity index is 1.20. The molecular weight excluding hydrogens is 550 g/mol. The van der Waals surface area contributed by atoms with E-state index >= 15 is 0 Å². The third-order valence-electron chi connectivity index (χ3n) is 9.16. The van der Waals surface area contributed by atoms with Gasteiger partial charge in [0.1, 0.15) is 23.4 Å². The first kappa shape index (κ1) is 25.9. The first-order valence-electron chi connectivity index (χ1n) is 15.3. The van der Waals surface area contributed by atoms with Crippen LogP contribution in [-0.4, -0.2) is 14.6 Å². The van der Waals surface area contributed by atoms with Crippen LogP contribution in [0.15, 0.2) is 150 Å². The monoisotopic (exact) mass is 579 g/mol. The Morgan fingerprint density at radius 1 is 0.600 bits per heavy atom. The lowest BCUT2D eigenvalue weighted by molar-refractivity contribution is 0.239. The van der Waals surface area contributed by atoms with Gasteiger partial charge < -0.3 is 8.98 Å². The van der Waals surface area contributed by atoms with Gasteiger partial charge in [0.2, 0.25) is 0 Å². The highest BCUT2D eigenvalue weighted by atomic mass is 16.3. The zero-order valence-corrected chi connectivity index (χ0v) is 24.5. The molecule has 9 rings (SSSR count). The lowest BCUT2D eigenvalue weighted by Gasteiger charge is -2.15. The van der Waals surface area contributed by atoms with Crippen molar-refractivity contribution >= 4 is 43.7 Å². The molecule has 0 bridgehead atoms. The number of hydrazine groups is 1. The van der Waals surface area contributed by atoms with Gasteiger partial charge in [-0.3, -0.25) is 0 Å². The molecule has 0 N–H and O–H groups in total. The third kappa shape index (κ3) is 4.17. The molecule has 0 amide bonds. The van der Waals surface area contributed by atoms with Crippen LogP contribution in [0.3, 0.4) is 0 Å². The summed E-state index contributed by atoms with van der Waals surface area (Å²) in [6, 6.07) is 51.0. The van der Waals surface area contributed by atoms with Crippen LogP contribution >= 0.6 is 0 Å². The van der Waals surface area contributed by atoms with E-state index in [-0.39, 0.29) is 12.2 Å². The number of aromatic nitrogens is 1. The highest BCUT2D eigenvalue weighted by molar-refractivity contribution is 6.16. The zero-order valence-electron chi connectivity index (χ0n) is 24.5. The summed E-state index contributed by atoms with van der Waals surface area (Å²) in [6.07, 6.45) is 6.31. The van der Waals surface area contributed by atoms with Crippen LogP contribution in [0.5, 0.6) is 0 Å². The smallest absolute Gasteiger partial charge is 0.136 e. The molecule has 45 heavy (non-hydrogen) atoms. The van der Waals surface area contributed by atoms with Crippen LogP contribution in [0.2, 0.25) is 0 Å². The average Bonchev–Trinajstić information content (AvgIpc) is 3.55. The topological polar surface area (TPSA) is 24.1 Å². The van der Waals surface area contributed by atoms with Gasteiger partial charge in [0.25, 0.3) is 0 Å². The number of hydrogen-bond donors (Lipinski definition) is 0. The van der Waals surface area contributed by atoms with E-state index in [9.17, 15) is 0 Å². The Kier molecular flexibility index (Phi) is 5.89. The van der Waals surface area contributed by atoms with Crippen molar-refractivity contribution in [1.82, 2.24) is 14.6 Å². The Labute approximate surface area is 261 Å². The van der Waals surface area contributed by atoms with Crippen LogP contribution in [0.1, 0.15) is 23.3 Å². The highest BCUT2D eigenvalue weighted by Gasteiger charge is 2.51. The van der Waals surface area contributed by atoms with Crippen molar-refractivity contribution in [2.24, 2.45) is 0 Å². The van der Waals surface area contributed by atoms with Gasteiger partial charge in [-0.25, -0.2) is 0 Å². The second-order valence-corrected chi connectivity index (χ2v) is 11.7. The SMILES string of the molecule is C#CC(c1ccccc1)N1C(c2cccc(-c3ccccc3)c2)N1Cn1c2ccccc2c2cc3oc4ccccc4c3cc21. The molecule has 6 aromatic carbocycles. The standard InChI is InChI=1S/C41H29N3O/c1-2-36(29-16-7-4-8-17-29)44-41(31-19-13-18-30(24-31)28-14-5-3-6-15-28)43(44)27-42-37-22-11-9-20-32(37)34-26-40-35(25-38(34)42)33-21-10-12-23-39(33)45-40/h1,3-26,36,41H,27H2. The van der Waals surface area contributed by atoms with E-state index in [0.29, 0.717) is 6.67 Å². The van der Waals surface area contributed by atoms with Crippen LogP contribution in [0.25, 0.3) is 54.9 Å². The van der Waals surface area contributed by atoms with Crippen molar-refractivity contribution in [1.29, 1.82) is 0 Å². The fourth-order valence-electron chi connectivity index (χ4n) is 7.02. The quantitative estimate of drug-likeness (QED) is 0.145. The molecular formula is C41H29N3O. The highest BCUT2D eigenvalue weighted by Crippen LogP contribution is 2.50. The number of benzene rings is 6. The fraction of sp³-hybridized carbons (Fsp3) is 0.0732. The van der Waals surface area contributed by atoms with E-state index in [2.05, 4.69) is 148 Å². The molecule has 0 spiro atoms. The predicted molar refractivity (Wildman–Crippen MR) is 183 cm³/mol. The van der Waals surface area contributed by atoms with E-state index in [0.717, 1.165) is 27.5 Å². The lowest BCUT2D eigenvalue weighted by Crippen LogP contribution is -2.16. The number of fused-ring (bicyclic) bond motifs is 6. The van der Waals surface area contributed by atoms with Crippen molar-refractivity contribution in [2.75, 3.05) is 0 Å². The number of nitrogens with zero attached hydrogens (tertiary/aromatic N) is 3. The molecule has 1 saturated heterocycles. The molecule has 4 atom stereocenters. The molecule has 2 aromatic heterocycles. The van der Waals surface area contributed by atoms with Crippen LogP contribution in [-0.2, 0) is 6.67 Å². The Morgan fingerprint density at radius 2 is 1.31 bits per heavy atom. The van der Waals surface area contributed by atoms with Gasteiger partial charge in [-0.05, 0) is 52.6 Å². The van der Waals surface area contributed by atoms with Gasteiger partial charge in [-0.2, -0.15) is 10.0 Å². The van der Waals surface area contributed by atoms with Crippen molar-refractivity contribution in [3.8, 4) is 23.5 Å². The van der Waals surface area contributed by atoms with Gasteiger partial charge in [-0.15, -0.1) is 6.42 Å². The number of rotatable bonds is 6. The summed E-state index contributed by atoms with van der Waals surface area (Å²) in [4.78, 5) is 0. The summed E-state index contributed by atoms with van der Waals surface area (Å²) in [5.74, 6) is 3.11. The summed E-state index contributed by atoms with van der Waals surface area (Å²) in [6.45, 7) is 0.649. The van der Waals surface area contributed by atoms with E-state index in [1.54, 1.807) is 0 Å². The Bertz CT molecular complexity index is 2400. The zero-order chi connectivity index (χ0) is 29.9. The minimum atomic E-state index is -0.200. The molecule has 4 heteroatoms. The minimum absolute atomic E-state index is 0.0182. The molecule has 4 unspecified atom stereocenters. The average molecular weight is 580 g/mol. The minimum Gasteiger partial charge on any atom is -0.456 e. The molecule has 214 valence electrons. The lowest BCUT2D eigenvalue weighted by atomic mass is 10.0. The van der Waals surface area contributed by atoms with Crippen LogP contribution in [0, 0.1) is 12.3 Å². The van der Waals surface area contributed by atoms with Crippen molar-refractivity contribution in [2.45, 2.75) is 18.9 Å². The fourth-order valence-corrected chi connectivity index (χ4v) is 7.02. The summed E-state index contributed by atoms with van der Waals surface area (Å²) in [5, 5.41) is 9.42. The Morgan fingerprint density at radius 3 is 2.13 bits per heavy atom. The summed E-state index contributed by atoms with van der Waals surface area (Å²) in [7, 11) is 0. The van der Waals surface area contributed by atoms with Gasteiger partial charge in [0.05, 0.1) is 17.7 Å². The number of hydrogen-bond acceptors (Lipinski definition) is 3. The number of furan rings is 1. The third-order valence-corrected chi connectivity index (χ3v) is 9.16. The van der Waals surface area contributed by atoms with Gasteiger partial charge >= 0.3 is 0 Å². The van der Waals surface area contributed by atoms with Crippen LogP contribution in [0.4, 0.5) is 0 Å². The van der Waals surface area contributed by atoms with E-state index < -0.39 is 0 Å². The summed E-state index contributed by atoms with van der Waals surface area (Å²) < 4.78 is 8.73. The second-order valence-electron chi connectivity index (χ2n) is 11.7. The first-order chi connectivity index (χ1) is 22.3. The molecule has 1 aliphatic heterocycles. The van der Waals surface area contributed by atoms with Crippen molar-refractivity contribution < 1.29 is 4.42 Å². The normalized spacial score (nSPS) is 18.4. The maximum absolute atomic E-state index is 6.30. The molecule has 0 saturated carbocycles. The molecule has 1 fully saturated rings. The van der Waals surface area contributed by atoms with Gasteiger partial charge in [0, 0.05) is 21.5 Å². The molecule has 3 heterocycles. The Hall–Kier alpha value is -5.60. The van der Waals surface area contributed by atoms with Gasteiger partial charge in [0.15, 0.2) is 0 Å². The van der Waals surface area contributed by atoms with E-state index in [1.165, 1.54) is 38.5 Å². The van der Waals surface area contributed by atoms with E-state index in [4.69, 9.17) is 10.8 Å². The molecule has 0 radical (unpaired) electrons. The first-order valence-corrected chi connectivity index (χ1v) is 15.3. The largest absolute Gasteiger partial charge is 0.456 e. The van der Waals surface area contributed by atoms with Crippen LogP contribution < -0.4 is 0 Å². The maximum Gasteiger partial charge on any atom is 0.136 e. The molecule has 1 aliphatic rings. The molecule has 0 aliphatic carbocycles. The van der Waals surface area contributed by atoms with Crippen molar-refractivity contribution in [3.63, 3.8) is 0 Å². The number of para-hydroxylation sites is 2. The summed E-state index contributed by atoms with van der Waals surface area (Å²) in [5.41, 5.74) is 8.91. The second kappa shape index (κ2) is 10.2. The van der Waals surface area contributed by atoms with E-state index in [1.807, 2.05) is 18.2 Å². The maximum atomic E-state index is 6.30. The number of terminal acetylenes is 1. The molecule has 4 nitrogen and oxygen atoms in total. The predicted octanol–water partition coefficient (Wildman–Crippen LogP) is 9.92. The van der Waals surface area contributed by atoms with Gasteiger partial charge in [-0.1, -0.05) is 121 Å².